The molecule has 0 aromatic carbocycles. The summed E-state index contributed by atoms with van der Waals surface area (Å²) in [5, 5.41) is 22.9. The third-order valence-electron chi connectivity index (χ3n) is 1.98. The van der Waals surface area contributed by atoms with Gasteiger partial charge in [0.1, 0.15) is 4.60 Å². The SMILES string of the molecule is CC(CO)(CO)NC(=O)Nc1cnc(Br)cn1. The van der Waals surface area contributed by atoms with Crippen LogP contribution < -0.4 is 10.6 Å². The van der Waals surface area contributed by atoms with E-state index in [0.29, 0.717) is 4.60 Å². The molecule has 0 spiro atoms. The van der Waals surface area contributed by atoms with Gasteiger partial charge in [0.2, 0.25) is 0 Å². The van der Waals surface area contributed by atoms with E-state index < -0.39 is 11.6 Å². The number of aliphatic hydroxyl groups excluding tert-OH is 2. The van der Waals surface area contributed by atoms with Crippen molar-refractivity contribution in [2.24, 2.45) is 0 Å². The van der Waals surface area contributed by atoms with Crippen LogP contribution in [0.3, 0.4) is 0 Å². The predicted molar refractivity (Wildman–Crippen MR) is 64.5 cm³/mol. The number of amides is 2. The highest BCUT2D eigenvalue weighted by Crippen LogP contribution is 2.07. The lowest BCUT2D eigenvalue weighted by Gasteiger charge is -2.25. The number of anilines is 1. The summed E-state index contributed by atoms with van der Waals surface area (Å²) < 4.78 is 0.555. The Balaban J connectivity index is 2.58. The zero-order chi connectivity index (χ0) is 12.9. The van der Waals surface area contributed by atoms with E-state index in [1.54, 1.807) is 0 Å². The van der Waals surface area contributed by atoms with Crippen LogP contribution in [0.25, 0.3) is 0 Å². The first-order valence-corrected chi connectivity index (χ1v) is 5.57. The van der Waals surface area contributed by atoms with Crippen LogP contribution in [0.2, 0.25) is 0 Å². The summed E-state index contributed by atoms with van der Waals surface area (Å²) in [6.45, 7) is 0.770. The third-order valence-corrected chi connectivity index (χ3v) is 2.38. The number of hydrogen-bond acceptors (Lipinski definition) is 5. The molecule has 0 unspecified atom stereocenters. The summed E-state index contributed by atoms with van der Waals surface area (Å²) in [6, 6.07) is -0.577. The molecule has 0 fully saturated rings. The molecule has 7 nitrogen and oxygen atoms in total. The maximum absolute atomic E-state index is 11.5. The summed E-state index contributed by atoms with van der Waals surface area (Å²) in [7, 11) is 0. The summed E-state index contributed by atoms with van der Waals surface area (Å²) in [5.41, 5.74) is -1.08. The fraction of sp³-hybridized carbons (Fsp3) is 0.444. The van der Waals surface area contributed by atoms with Crippen LogP contribution in [-0.2, 0) is 0 Å². The van der Waals surface area contributed by atoms with Gasteiger partial charge < -0.3 is 15.5 Å². The molecule has 0 bridgehead atoms. The zero-order valence-electron chi connectivity index (χ0n) is 9.14. The molecule has 4 N–H and O–H groups in total. The van der Waals surface area contributed by atoms with E-state index in [2.05, 4.69) is 36.5 Å². The van der Waals surface area contributed by atoms with Crippen molar-refractivity contribution in [2.45, 2.75) is 12.5 Å². The summed E-state index contributed by atoms with van der Waals surface area (Å²) in [6.07, 6.45) is 2.81. The number of aliphatic hydroxyl groups is 2. The van der Waals surface area contributed by atoms with Gasteiger partial charge in [-0.25, -0.2) is 14.8 Å². The Morgan fingerprint density at radius 1 is 1.41 bits per heavy atom. The lowest BCUT2D eigenvalue weighted by molar-refractivity contribution is 0.111. The molecule has 1 aromatic rings. The molecule has 17 heavy (non-hydrogen) atoms. The number of halogens is 1. The topological polar surface area (TPSA) is 107 Å². The van der Waals surface area contributed by atoms with E-state index in [1.165, 1.54) is 19.3 Å². The van der Waals surface area contributed by atoms with Crippen molar-refractivity contribution in [3.05, 3.63) is 17.0 Å². The van der Waals surface area contributed by atoms with E-state index in [1.807, 2.05) is 0 Å². The van der Waals surface area contributed by atoms with Crippen molar-refractivity contribution in [1.29, 1.82) is 0 Å². The molecule has 0 aliphatic heterocycles. The van der Waals surface area contributed by atoms with Crippen LogP contribution in [0.4, 0.5) is 10.6 Å². The molecule has 0 saturated carbocycles. The maximum atomic E-state index is 11.5. The highest BCUT2D eigenvalue weighted by Gasteiger charge is 2.24. The van der Waals surface area contributed by atoms with Crippen LogP contribution in [-0.4, -0.2) is 45.0 Å². The molecule has 2 amide bonds. The van der Waals surface area contributed by atoms with Gasteiger partial charge in [0.05, 0.1) is 31.1 Å². The first-order chi connectivity index (χ1) is 7.99. The van der Waals surface area contributed by atoms with Crippen molar-refractivity contribution in [1.82, 2.24) is 15.3 Å². The molecule has 1 aromatic heterocycles. The minimum Gasteiger partial charge on any atom is -0.394 e. The highest BCUT2D eigenvalue weighted by molar-refractivity contribution is 9.10. The highest BCUT2D eigenvalue weighted by atomic mass is 79.9. The molecule has 0 saturated heterocycles. The van der Waals surface area contributed by atoms with Crippen LogP contribution in [0.1, 0.15) is 6.92 Å². The number of hydrogen-bond donors (Lipinski definition) is 4. The van der Waals surface area contributed by atoms with Gasteiger partial charge >= 0.3 is 6.03 Å². The Kier molecular flexibility index (Phi) is 4.79. The van der Waals surface area contributed by atoms with Crippen molar-refractivity contribution in [3.63, 3.8) is 0 Å². The lowest BCUT2D eigenvalue weighted by Crippen LogP contribution is -2.53. The summed E-state index contributed by atoms with van der Waals surface area (Å²) >= 11 is 3.11. The standard InChI is InChI=1S/C9H13BrN4O3/c1-9(4-15,5-16)14-8(17)13-7-3-11-6(10)2-12-7/h2-3,15-16H,4-5H2,1H3,(H2,12,13,14,17). The molecule has 0 radical (unpaired) electrons. The number of aromatic nitrogens is 2. The van der Waals surface area contributed by atoms with Gasteiger partial charge in [0, 0.05) is 0 Å². The smallest absolute Gasteiger partial charge is 0.321 e. The van der Waals surface area contributed by atoms with Crippen LogP contribution >= 0.6 is 15.9 Å². The molecular formula is C9H13BrN4O3. The fourth-order valence-electron chi connectivity index (χ4n) is 0.928. The number of urea groups is 1. The fourth-order valence-corrected chi connectivity index (χ4v) is 1.13. The average molecular weight is 305 g/mol. The van der Waals surface area contributed by atoms with Gasteiger partial charge in [0.15, 0.2) is 5.82 Å². The molecule has 1 heterocycles. The van der Waals surface area contributed by atoms with Gasteiger partial charge in [0.25, 0.3) is 0 Å². The average Bonchev–Trinajstić information content (AvgIpc) is 2.32. The van der Waals surface area contributed by atoms with Crippen molar-refractivity contribution >= 4 is 27.8 Å². The first-order valence-electron chi connectivity index (χ1n) is 4.77. The Morgan fingerprint density at radius 2 is 2.06 bits per heavy atom. The maximum Gasteiger partial charge on any atom is 0.321 e. The Bertz CT molecular complexity index is 380. The first kappa shape index (κ1) is 13.8. The second-order valence-electron chi connectivity index (χ2n) is 3.68. The van der Waals surface area contributed by atoms with E-state index in [4.69, 9.17) is 10.2 Å². The molecule has 0 atom stereocenters. The van der Waals surface area contributed by atoms with Gasteiger partial charge in [-0.1, -0.05) is 0 Å². The largest absolute Gasteiger partial charge is 0.394 e. The normalized spacial score (nSPS) is 11.1. The molecule has 0 aliphatic carbocycles. The minimum absolute atomic E-state index is 0.268. The number of carbonyl (C=O) groups excluding carboxylic acids is 1. The van der Waals surface area contributed by atoms with E-state index >= 15 is 0 Å². The zero-order valence-corrected chi connectivity index (χ0v) is 10.7. The second kappa shape index (κ2) is 5.89. The Labute approximate surface area is 106 Å². The van der Waals surface area contributed by atoms with Crippen molar-refractivity contribution in [2.75, 3.05) is 18.5 Å². The van der Waals surface area contributed by atoms with Gasteiger partial charge in [-0.2, -0.15) is 0 Å². The van der Waals surface area contributed by atoms with Gasteiger partial charge in [-0.3, -0.25) is 5.32 Å². The second-order valence-corrected chi connectivity index (χ2v) is 4.49. The van der Waals surface area contributed by atoms with Crippen LogP contribution in [0, 0.1) is 0 Å². The Morgan fingerprint density at radius 3 is 2.53 bits per heavy atom. The lowest BCUT2D eigenvalue weighted by atomic mass is 10.1. The molecular weight excluding hydrogens is 292 g/mol. The van der Waals surface area contributed by atoms with E-state index in [9.17, 15) is 4.79 Å². The van der Waals surface area contributed by atoms with Crippen molar-refractivity contribution in [3.8, 4) is 0 Å². The summed E-state index contributed by atoms with van der Waals surface area (Å²) in [4.78, 5) is 19.3. The number of nitrogens with zero attached hydrogens (tertiary/aromatic N) is 2. The molecule has 0 aliphatic rings. The minimum atomic E-state index is -1.08. The monoisotopic (exact) mass is 304 g/mol. The van der Waals surface area contributed by atoms with E-state index in [0.717, 1.165) is 0 Å². The van der Waals surface area contributed by atoms with Crippen molar-refractivity contribution < 1.29 is 15.0 Å². The van der Waals surface area contributed by atoms with Crippen LogP contribution in [0.15, 0.2) is 17.0 Å². The van der Waals surface area contributed by atoms with E-state index in [-0.39, 0.29) is 19.0 Å². The van der Waals surface area contributed by atoms with Gasteiger partial charge in [-0.05, 0) is 22.9 Å². The number of rotatable bonds is 4. The van der Waals surface area contributed by atoms with Crippen LogP contribution in [0.5, 0.6) is 0 Å². The molecule has 1 rings (SSSR count). The summed E-state index contributed by atoms with van der Waals surface area (Å²) in [5.74, 6) is 0.268. The Hall–Kier alpha value is -1.25. The number of nitrogens with one attached hydrogen (secondary N) is 2. The molecule has 94 valence electrons. The quantitative estimate of drug-likeness (QED) is 0.631. The molecule has 8 heteroatoms. The number of carbonyl (C=O) groups is 1. The predicted octanol–water partition coefficient (Wildman–Crippen LogP) is 0.104. The third kappa shape index (κ3) is 4.25. The van der Waals surface area contributed by atoms with Gasteiger partial charge in [-0.15, -0.1) is 0 Å².